The van der Waals surface area contributed by atoms with Crippen molar-refractivity contribution in [3.8, 4) is 11.9 Å². The maximum Gasteiger partial charge on any atom is 0.319 e. The molecule has 1 aromatic heterocycles. The number of fused-ring (bicyclic) bond motifs is 2. The topological polar surface area (TPSA) is 157 Å². The van der Waals surface area contributed by atoms with Crippen molar-refractivity contribution in [1.29, 1.82) is 0 Å². The van der Waals surface area contributed by atoms with Crippen molar-refractivity contribution in [2.45, 2.75) is 94.4 Å². The Morgan fingerprint density at radius 2 is 1.86 bits per heavy atom. The van der Waals surface area contributed by atoms with Gasteiger partial charge in [0.2, 0.25) is 27.7 Å². The molecule has 0 aromatic carbocycles. The number of hydrogen-bond donors (Lipinski definition) is 2. The van der Waals surface area contributed by atoms with Gasteiger partial charge < -0.3 is 19.7 Å². The zero-order chi connectivity index (χ0) is 31.2. The van der Waals surface area contributed by atoms with E-state index in [-0.39, 0.29) is 36.1 Å². The van der Waals surface area contributed by atoms with Gasteiger partial charge in [-0.3, -0.25) is 19.1 Å². The fraction of sp³-hybridized carbons (Fsp3) is 0.700. The summed E-state index contributed by atoms with van der Waals surface area (Å²) in [4.78, 5) is 51.5. The molecule has 2 N–H and O–H groups in total. The minimum absolute atomic E-state index is 0.156. The number of amides is 3. The lowest BCUT2D eigenvalue weighted by molar-refractivity contribution is -0.140. The van der Waals surface area contributed by atoms with Crippen molar-refractivity contribution in [3.05, 3.63) is 23.9 Å². The average Bonchev–Trinajstić information content (AvgIpc) is 3.86. The van der Waals surface area contributed by atoms with Crippen molar-refractivity contribution >= 4 is 27.7 Å². The van der Waals surface area contributed by atoms with Gasteiger partial charge in [-0.1, -0.05) is 32.9 Å². The van der Waals surface area contributed by atoms with Crippen LogP contribution in [0.2, 0.25) is 0 Å². The van der Waals surface area contributed by atoms with E-state index >= 15 is 0 Å². The van der Waals surface area contributed by atoms with E-state index in [9.17, 15) is 22.8 Å². The summed E-state index contributed by atoms with van der Waals surface area (Å²) in [6, 6.07) is 1.91. The van der Waals surface area contributed by atoms with Gasteiger partial charge in [0, 0.05) is 31.0 Å². The van der Waals surface area contributed by atoms with Crippen LogP contribution in [0.25, 0.3) is 0 Å². The largest absolute Gasteiger partial charge is 0.474 e. The zero-order valence-corrected chi connectivity index (χ0v) is 26.4. The van der Waals surface area contributed by atoms with Crippen LogP contribution in [0.15, 0.2) is 18.2 Å². The van der Waals surface area contributed by atoms with Gasteiger partial charge in [-0.25, -0.2) is 8.42 Å². The third kappa shape index (κ3) is 6.81. The van der Waals surface area contributed by atoms with E-state index in [0.29, 0.717) is 31.7 Å². The summed E-state index contributed by atoms with van der Waals surface area (Å²) >= 11 is 0. The summed E-state index contributed by atoms with van der Waals surface area (Å²) in [6.45, 7) is 6.60. The third-order valence-electron chi connectivity index (χ3n) is 8.92. The van der Waals surface area contributed by atoms with Crippen LogP contribution in [0, 0.1) is 17.8 Å². The maximum atomic E-state index is 13.9. The molecule has 236 valence electrons. The smallest absolute Gasteiger partial charge is 0.319 e. The molecule has 0 saturated heterocycles. The van der Waals surface area contributed by atoms with Gasteiger partial charge in [-0.15, -0.1) is 0 Å². The lowest BCUT2D eigenvalue weighted by atomic mass is 9.92. The second kappa shape index (κ2) is 11.7. The number of rotatable bonds is 6. The molecule has 0 spiro atoms. The molecule has 5 rings (SSSR count). The van der Waals surface area contributed by atoms with Gasteiger partial charge in [0.25, 0.3) is 5.91 Å². The molecule has 3 saturated carbocycles. The van der Waals surface area contributed by atoms with Crippen molar-refractivity contribution in [3.63, 3.8) is 0 Å². The van der Waals surface area contributed by atoms with Gasteiger partial charge in [-0.2, -0.15) is 9.97 Å². The van der Waals surface area contributed by atoms with Crippen molar-refractivity contribution in [2.24, 2.45) is 17.8 Å². The quantitative estimate of drug-likeness (QED) is 0.457. The maximum absolute atomic E-state index is 13.9. The van der Waals surface area contributed by atoms with E-state index in [1.165, 1.54) is 7.11 Å². The van der Waals surface area contributed by atoms with Crippen LogP contribution in [0.5, 0.6) is 11.9 Å². The molecule has 12 nitrogen and oxygen atoms in total. The second-order valence-electron chi connectivity index (χ2n) is 13.4. The first-order valence-corrected chi connectivity index (χ1v) is 16.7. The Labute approximate surface area is 253 Å². The Morgan fingerprint density at radius 1 is 1.14 bits per heavy atom. The highest BCUT2D eigenvalue weighted by Crippen LogP contribution is 2.47. The Morgan fingerprint density at radius 3 is 2.53 bits per heavy atom. The number of sulfonamides is 1. The van der Waals surface area contributed by atoms with Crippen LogP contribution in [-0.4, -0.2) is 78.6 Å². The molecule has 3 fully saturated rings. The molecule has 5 atom stereocenters. The van der Waals surface area contributed by atoms with Crippen LogP contribution in [0.4, 0.5) is 0 Å². The fourth-order valence-corrected chi connectivity index (χ4v) is 7.37. The molecule has 4 aliphatic rings. The highest BCUT2D eigenvalue weighted by Gasteiger charge is 2.62. The number of allylic oxidation sites excluding steroid dienone is 1. The average molecular weight is 618 g/mol. The lowest BCUT2D eigenvalue weighted by Crippen LogP contribution is -2.54. The normalized spacial score (nSPS) is 30.8. The summed E-state index contributed by atoms with van der Waals surface area (Å²) in [7, 11) is -0.580. The monoisotopic (exact) mass is 617 g/mol. The van der Waals surface area contributed by atoms with Crippen LogP contribution in [0.1, 0.15) is 77.8 Å². The Bertz CT molecular complexity index is 1400. The molecule has 2 heterocycles. The summed E-state index contributed by atoms with van der Waals surface area (Å²) in [6.07, 6.45) is 7.61. The molecular formula is C30H43N5O7S. The van der Waals surface area contributed by atoms with Crippen molar-refractivity contribution < 1.29 is 32.3 Å². The number of nitrogens with zero attached hydrogens (tertiary/aromatic N) is 3. The number of aromatic nitrogens is 2. The highest BCUT2D eigenvalue weighted by atomic mass is 32.2. The van der Waals surface area contributed by atoms with Gasteiger partial charge in [-0.05, 0) is 51.4 Å². The molecule has 43 heavy (non-hydrogen) atoms. The second-order valence-corrected chi connectivity index (χ2v) is 15.3. The molecule has 3 aliphatic carbocycles. The number of carbonyl (C=O) groups excluding carboxylic acids is 3. The summed E-state index contributed by atoms with van der Waals surface area (Å²) in [5.74, 6) is -2.82. The van der Waals surface area contributed by atoms with Crippen molar-refractivity contribution in [1.82, 2.24) is 24.9 Å². The van der Waals surface area contributed by atoms with Crippen LogP contribution in [-0.2, 0) is 29.8 Å². The van der Waals surface area contributed by atoms with Gasteiger partial charge in [0.05, 0.1) is 29.9 Å². The van der Waals surface area contributed by atoms with E-state index in [1.54, 1.807) is 18.0 Å². The first-order chi connectivity index (χ1) is 20.2. The minimum atomic E-state index is -3.80. The van der Waals surface area contributed by atoms with Crippen LogP contribution >= 0.6 is 0 Å². The number of carbonyl (C=O) groups is 3. The zero-order valence-electron chi connectivity index (χ0n) is 25.6. The van der Waals surface area contributed by atoms with Gasteiger partial charge >= 0.3 is 6.01 Å². The van der Waals surface area contributed by atoms with E-state index in [0.717, 1.165) is 25.0 Å². The third-order valence-corrected chi connectivity index (χ3v) is 10.7. The molecule has 0 bridgehead atoms. The summed E-state index contributed by atoms with van der Waals surface area (Å²) in [5.41, 5.74) is -0.949. The van der Waals surface area contributed by atoms with Gasteiger partial charge in [0.15, 0.2) is 0 Å². The van der Waals surface area contributed by atoms with E-state index < -0.39 is 50.6 Å². The number of methoxy groups -OCH3 is 1. The number of ether oxygens (including phenoxy) is 2. The molecule has 3 amide bonds. The van der Waals surface area contributed by atoms with Crippen molar-refractivity contribution in [2.75, 3.05) is 20.7 Å². The minimum Gasteiger partial charge on any atom is -0.474 e. The molecule has 1 aromatic rings. The molecular weight excluding hydrogens is 574 g/mol. The van der Waals surface area contributed by atoms with E-state index in [1.807, 2.05) is 32.9 Å². The first-order valence-electron chi connectivity index (χ1n) is 15.1. The van der Waals surface area contributed by atoms with E-state index in [4.69, 9.17) is 9.47 Å². The van der Waals surface area contributed by atoms with Crippen LogP contribution in [0.3, 0.4) is 0 Å². The van der Waals surface area contributed by atoms with Crippen LogP contribution < -0.4 is 19.5 Å². The van der Waals surface area contributed by atoms with Gasteiger partial charge in [0.1, 0.15) is 11.6 Å². The van der Waals surface area contributed by atoms with E-state index in [2.05, 4.69) is 20.0 Å². The number of hydrogen-bond acceptors (Lipinski definition) is 9. The predicted octanol–water partition coefficient (Wildman–Crippen LogP) is 2.24. The molecule has 0 unspecified atom stereocenters. The Balaban J connectivity index is 1.41. The summed E-state index contributed by atoms with van der Waals surface area (Å²) in [5, 5.41) is 2.33. The first kappa shape index (κ1) is 31.2. The molecule has 13 heteroatoms. The molecule has 1 aliphatic heterocycles. The Kier molecular flexibility index (Phi) is 8.49. The predicted molar refractivity (Wildman–Crippen MR) is 158 cm³/mol. The standard InChI is InChI=1S/C30H43N5O7S/c1-29(2,3)23-16-24(32-28(31-23)41-5)42-19-14-21-22(15-19)26(37)35(4)13-9-7-6-8-10-18-17-30(18,33-25(21)36)27(38)34-43(39,40)20-11-12-20/h8,10,16,18-22H,6-7,9,11-15,17H2,1-5H3,(H,33,36)(H,34,38)/b10-8-/t18-,19-,21-,22-,30-/m1/s1. The lowest BCUT2D eigenvalue weighted by Gasteiger charge is -2.26. The SMILES string of the molecule is COc1nc(O[C@@H]2C[C@H]3C(=O)N[C@]4(C(=O)NS(=O)(=O)C5CC5)C[C@H]4/C=C\CCCCN(C)C(=O)[C@@H]3C2)cc(C(C)(C)C)n1. The molecule has 0 radical (unpaired) electrons. The Hall–Kier alpha value is -3.22. The fourth-order valence-electron chi connectivity index (χ4n) is 6.00. The highest BCUT2D eigenvalue weighted by molar-refractivity contribution is 7.91. The number of nitrogens with one attached hydrogen (secondary N) is 2. The summed E-state index contributed by atoms with van der Waals surface area (Å²) < 4.78 is 39.0.